The van der Waals surface area contributed by atoms with Crippen molar-refractivity contribution in [3.63, 3.8) is 0 Å². The summed E-state index contributed by atoms with van der Waals surface area (Å²) in [6.45, 7) is -0.0579. The molecule has 0 aliphatic heterocycles. The fourth-order valence-electron chi connectivity index (χ4n) is 2.57. The normalized spacial score (nSPS) is 12.1. The Kier molecular flexibility index (Phi) is 6.41. The van der Waals surface area contributed by atoms with E-state index in [4.69, 9.17) is 16.3 Å². The van der Waals surface area contributed by atoms with Crippen molar-refractivity contribution in [2.75, 3.05) is 18.6 Å². The fourth-order valence-corrected chi connectivity index (χ4v) is 3.16. The number of aromatic amines is 1. The van der Waals surface area contributed by atoms with Gasteiger partial charge in [-0.2, -0.15) is 11.8 Å². The number of nitrogens with one attached hydrogen (secondary N) is 2. The summed E-state index contributed by atoms with van der Waals surface area (Å²) in [5.74, 6) is 2.10. The van der Waals surface area contributed by atoms with Crippen LogP contribution < -0.4 is 10.1 Å². The molecule has 1 atom stereocenters. The molecule has 1 aromatic heterocycles. The van der Waals surface area contributed by atoms with E-state index in [0.29, 0.717) is 10.8 Å². The SMILES string of the molecule is CSCC[C@@H](NC(=O)COc1ccc(Cl)cc1)c1nc2ccccc2[nH]1. The zero-order valence-corrected chi connectivity index (χ0v) is 15.9. The maximum Gasteiger partial charge on any atom is 0.258 e. The van der Waals surface area contributed by atoms with Gasteiger partial charge in [-0.15, -0.1) is 0 Å². The molecule has 7 heteroatoms. The molecule has 2 N–H and O–H groups in total. The number of hydrogen-bond acceptors (Lipinski definition) is 4. The van der Waals surface area contributed by atoms with Crippen LogP contribution in [0.1, 0.15) is 18.3 Å². The van der Waals surface area contributed by atoms with Crippen molar-refractivity contribution in [3.05, 3.63) is 59.4 Å². The minimum atomic E-state index is -0.188. The minimum absolute atomic E-state index is 0.0579. The van der Waals surface area contributed by atoms with Gasteiger partial charge in [-0.3, -0.25) is 4.79 Å². The van der Waals surface area contributed by atoms with E-state index < -0.39 is 0 Å². The summed E-state index contributed by atoms with van der Waals surface area (Å²) < 4.78 is 5.52. The second-order valence-corrected chi connectivity index (χ2v) is 7.21. The number of benzene rings is 2. The molecule has 3 aromatic rings. The Morgan fingerprint density at radius 2 is 2.04 bits per heavy atom. The number of aromatic nitrogens is 2. The molecule has 0 aliphatic carbocycles. The Morgan fingerprint density at radius 3 is 2.77 bits per heavy atom. The highest BCUT2D eigenvalue weighted by Gasteiger charge is 2.18. The van der Waals surface area contributed by atoms with Crippen molar-refractivity contribution in [2.24, 2.45) is 0 Å². The molecule has 2 aromatic carbocycles. The zero-order valence-electron chi connectivity index (χ0n) is 14.4. The van der Waals surface area contributed by atoms with Crippen LogP contribution in [0.25, 0.3) is 11.0 Å². The zero-order chi connectivity index (χ0) is 18.4. The van der Waals surface area contributed by atoms with E-state index in [-0.39, 0.29) is 18.6 Å². The largest absolute Gasteiger partial charge is 0.484 e. The number of halogens is 1. The van der Waals surface area contributed by atoms with Gasteiger partial charge in [0.15, 0.2) is 6.61 Å². The second kappa shape index (κ2) is 8.96. The lowest BCUT2D eigenvalue weighted by molar-refractivity contribution is -0.123. The number of amides is 1. The Morgan fingerprint density at radius 1 is 1.27 bits per heavy atom. The van der Waals surface area contributed by atoms with Gasteiger partial charge in [0.25, 0.3) is 5.91 Å². The third-order valence-electron chi connectivity index (χ3n) is 3.87. The van der Waals surface area contributed by atoms with E-state index in [0.717, 1.165) is 29.0 Å². The Labute approximate surface area is 161 Å². The van der Waals surface area contributed by atoms with Crippen LogP contribution in [-0.4, -0.2) is 34.5 Å². The van der Waals surface area contributed by atoms with Crippen LogP contribution in [-0.2, 0) is 4.79 Å². The van der Waals surface area contributed by atoms with Crippen molar-refractivity contribution in [1.82, 2.24) is 15.3 Å². The highest BCUT2D eigenvalue weighted by atomic mass is 35.5. The standard InChI is InChI=1S/C19H20ClN3O2S/c1-26-11-10-17(19-22-15-4-2-3-5-16(15)23-19)21-18(24)12-25-14-8-6-13(20)7-9-14/h2-9,17H,10-12H2,1H3,(H,21,24)(H,22,23)/t17-/m1/s1. The van der Waals surface area contributed by atoms with E-state index >= 15 is 0 Å². The lowest BCUT2D eigenvalue weighted by atomic mass is 10.2. The van der Waals surface area contributed by atoms with E-state index in [1.165, 1.54) is 0 Å². The van der Waals surface area contributed by atoms with Gasteiger partial charge in [0, 0.05) is 5.02 Å². The van der Waals surface area contributed by atoms with E-state index in [1.807, 2.05) is 30.5 Å². The first-order valence-corrected chi connectivity index (χ1v) is 10.0. The molecule has 26 heavy (non-hydrogen) atoms. The molecule has 3 rings (SSSR count). The van der Waals surface area contributed by atoms with Crippen molar-refractivity contribution >= 4 is 40.3 Å². The van der Waals surface area contributed by atoms with Gasteiger partial charge >= 0.3 is 0 Å². The maximum absolute atomic E-state index is 12.3. The summed E-state index contributed by atoms with van der Waals surface area (Å²) >= 11 is 7.58. The number of imidazole rings is 1. The molecule has 0 fully saturated rings. The van der Waals surface area contributed by atoms with Crippen molar-refractivity contribution in [1.29, 1.82) is 0 Å². The average Bonchev–Trinajstić information content (AvgIpc) is 3.08. The Bertz CT molecular complexity index is 834. The highest BCUT2D eigenvalue weighted by molar-refractivity contribution is 7.98. The van der Waals surface area contributed by atoms with E-state index in [2.05, 4.69) is 15.3 Å². The van der Waals surface area contributed by atoms with Gasteiger partial charge in [-0.25, -0.2) is 4.98 Å². The first kappa shape index (κ1) is 18.6. The number of hydrogen-bond donors (Lipinski definition) is 2. The van der Waals surface area contributed by atoms with Crippen LogP contribution >= 0.6 is 23.4 Å². The third kappa shape index (κ3) is 4.93. The number of ether oxygens (including phenoxy) is 1. The van der Waals surface area contributed by atoms with Gasteiger partial charge < -0.3 is 15.0 Å². The predicted molar refractivity (Wildman–Crippen MR) is 107 cm³/mol. The summed E-state index contributed by atoms with van der Waals surface area (Å²) in [6, 6.07) is 14.6. The number of carbonyl (C=O) groups is 1. The molecule has 0 bridgehead atoms. The number of fused-ring (bicyclic) bond motifs is 1. The molecule has 0 saturated carbocycles. The lowest BCUT2D eigenvalue weighted by Crippen LogP contribution is -2.33. The van der Waals surface area contributed by atoms with Crippen molar-refractivity contribution < 1.29 is 9.53 Å². The molecule has 1 heterocycles. The van der Waals surface area contributed by atoms with Crippen LogP contribution in [0.15, 0.2) is 48.5 Å². The van der Waals surface area contributed by atoms with E-state index in [9.17, 15) is 4.79 Å². The minimum Gasteiger partial charge on any atom is -0.484 e. The maximum atomic E-state index is 12.3. The number of thioether (sulfide) groups is 1. The molecule has 136 valence electrons. The van der Waals surface area contributed by atoms with Crippen molar-refractivity contribution in [3.8, 4) is 5.75 Å². The van der Waals surface area contributed by atoms with Crippen LogP contribution in [0.5, 0.6) is 5.75 Å². The lowest BCUT2D eigenvalue weighted by Gasteiger charge is -2.16. The quantitative estimate of drug-likeness (QED) is 0.605. The van der Waals surface area contributed by atoms with Crippen LogP contribution in [0.2, 0.25) is 5.02 Å². The van der Waals surface area contributed by atoms with Gasteiger partial charge in [0.05, 0.1) is 17.1 Å². The number of carbonyl (C=O) groups excluding carboxylic acids is 1. The highest BCUT2D eigenvalue weighted by Crippen LogP contribution is 2.20. The number of rotatable bonds is 8. The van der Waals surface area contributed by atoms with Crippen molar-refractivity contribution in [2.45, 2.75) is 12.5 Å². The Hall–Kier alpha value is -2.18. The number of nitrogens with zero attached hydrogens (tertiary/aromatic N) is 1. The molecule has 0 radical (unpaired) electrons. The summed E-state index contributed by atoms with van der Waals surface area (Å²) in [5, 5.41) is 3.64. The number of para-hydroxylation sites is 2. The van der Waals surface area contributed by atoms with Crippen LogP contribution in [0.3, 0.4) is 0 Å². The molecular weight excluding hydrogens is 370 g/mol. The third-order valence-corrected chi connectivity index (χ3v) is 4.76. The smallest absolute Gasteiger partial charge is 0.258 e. The van der Waals surface area contributed by atoms with Crippen LogP contribution in [0.4, 0.5) is 0 Å². The van der Waals surface area contributed by atoms with Gasteiger partial charge in [-0.1, -0.05) is 23.7 Å². The summed E-state index contributed by atoms with van der Waals surface area (Å²) in [7, 11) is 0. The molecule has 1 amide bonds. The molecular formula is C19H20ClN3O2S. The summed E-state index contributed by atoms with van der Waals surface area (Å²) in [4.78, 5) is 20.2. The molecule has 5 nitrogen and oxygen atoms in total. The summed E-state index contributed by atoms with van der Waals surface area (Å²) in [6.07, 6.45) is 2.83. The first-order valence-electron chi connectivity index (χ1n) is 8.27. The molecule has 0 saturated heterocycles. The monoisotopic (exact) mass is 389 g/mol. The van der Waals surface area contributed by atoms with Crippen LogP contribution in [0, 0.1) is 0 Å². The van der Waals surface area contributed by atoms with Gasteiger partial charge in [-0.05, 0) is 54.8 Å². The van der Waals surface area contributed by atoms with Gasteiger partial charge in [0.2, 0.25) is 0 Å². The fraction of sp³-hybridized carbons (Fsp3) is 0.263. The predicted octanol–water partition coefficient (Wildman–Crippen LogP) is 4.21. The average molecular weight is 390 g/mol. The topological polar surface area (TPSA) is 67.0 Å². The van der Waals surface area contributed by atoms with Gasteiger partial charge in [0.1, 0.15) is 11.6 Å². The van der Waals surface area contributed by atoms with E-state index in [1.54, 1.807) is 36.0 Å². The number of H-pyrrole nitrogens is 1. The second-order valence-electron chi connectivity index (χ2n) is 5.78. The first-order chi connectivity index (χ1) is 12.7. The Balaban J connectivity index is 1.65. The molecule has 0 spiro atoms. The summed E-state index contributed by atoms with van der Waals surface area (Å²) in [5.41, 5.74) is 1.85. The molecule has 0 aliphatic rings. The molecule has 0 unspecified atom stereocenters.